The van der Waals surface area contributed by atoms with Crippen LogP contribution < -0.4 is 21.1 Å². The Balaban J connectivity index is 1.59. The van der Waals surface area contributed by atoms with E-state index >= 15 is 0 Å². The van der Waals surface area contributed by atoms with Crippen LogP contribution in [0.1, 0.15) is 29.5 Å². The van der Waals surface area contributed by atoms with Crippen molar-refractivity contribution in [3.8, 4) is 17.1 Å². The molecule has 5 rings (SSSR count). The maximum atomic E-state index is 13.8. The molecule has 0 spiro atoms. The van der Waals surface area contributed by atoms with E-state index in [9.17, 15) is 13.2 Å². The van der Waals surface area contributed by atoms with E-state index < -0.39 is 17.5 Å². The van der Waals surface area contributed by atoms with Crippen LogP contribution in [0.25, 0.3) is 11.4 Å². The molecule has 1 unspecified atom stereocenters. The molecule has 2 aromatic heterocycles. The number of aromatic nitrogens is 4. The molecule has 13 heteroatoms. The molecule has 0 bridgehead atoms. The number of alkyl halides is 3. The van der Waals surface area contributed by atoms with Crippen LogP contribution in [0.15, 0.2) is 35.7 Å². The quantitative estimate of drug-likeness (QED) is 0.443. The number of nitrogens with zero attached hydrogens (tertiary/aromatic N) is 4. The van der Waals surface area contributed by atoms with Crippen molar-refractivity contribution in [2.75, 3.05) is 25.6 Å². The van der Waals surface area contributed by atoms with Crippen molar-refractivity contribution in [3.63, 3.8) is 0 Å². The molecule has 2 aliphatic rings. The fourth-order valence-electron chi connectivity index (χ4n) is 4.40. The highest BCUT2D eigenvalue weighted by atomic mass is 19.4. The lowest BCUT2D eigenvalue weighted by Crippen LogP contribution is -2.62. The van der Waals surface area contributed by atoms with Crippen molar-refractivity contribution >= 4 is 11.7 Å². The van der Waals surface area contributed by atoms with Crippen LogP contribution in [0.5, 0.6) is 5.75 Å². The predicted molar refractivity (Wildman–Crippen MR) is 122 cm³/mol. The molecule has 0 amide bonds. The first-order valence-corrected chi connectivity index (χ1v) is 11.0. The maximum Gasteiger partial charge on any atom is 0.418 e. The van der Waals surface area contributed by atoms with Gasteiger partial charge in [-0.05, 0) is 25.0 Å². The Morgan fingerprint density at radius 1 is 1.26 bits per heavy atom. The molecule has 0 aliphatic carbocycles. The molecule has 35 heavy (non-hydrogen) atoms. The number of fused-ring (bicyclic) bond motifs is 1. The molecule has 1 atom stereocenters. The monoisotopic (exact) mass is 490 g/mol. The average molecular weight is 490 g/mol. The summed E-state index contributed by atoms with van der Waals surface area (Å²) >= 11 is 0. The number of hydrogen-bond acceptors (Lipinski definition) is 7. The number of aryl methyl sites for hydroxylation is 1. The number of halogens is 3. The van der Waals surface area contributed by atoms with E-state index in [1.54, 1.807) is 29.1 Å². The largest absolute Gasteiger partial charge is 0.496 e. The summed E-state index contributed by atoms with van der Waals surface area (Å²) in [6.45, 7) is 0.994. The predicted octanol–water partition coefficient (Wildman–Crippen LogP) is 2.55. The summed E-state index contributed by atoms with van der Waals surface area (Å²) in [5, 5.41) is 14.0. The number of hydrogen-bond donors (Lipinski definition) is 4. The van der Waals surface area contributed by atoms with Gasteiger partial charge in [0.1, 0.15) is 23.7 Å². The fraction of sp³-hybridized carbons (Fsp3) is 0.409. The average Bonchev–Trinajstić information content (AvgIpc) is 3.45. The van der Waals surface area contributed by atoms with Crippen LogP contribution in [0.2, 0.25) is 0 Å². The summed E-state index contributed by atoms with van der Waals surface area (Å²) in [6.07, 6.45) is -0.874. The van der Waals surface area contributed by atoms with Crippen LogP contribution in [-0.4, -0.2) is 51.9 Å². The molecular formula is C22H25F3N8O2. The van der Waals surface area contributed by atoms with E-state index in [4.69, 9.17) is 15.2 Å². The lowest BCUT2D eigenvalue weighted by molar-refractivity contribution is -0.137. The molecule has 10 nitrogen and oxygen atoms in total. The highest BCUT2D eigenvalue weighted by molar-refractivity contribution is 6.07. The number of amidine groups is 1. The van der Waals surface area contributed by atoms with Gasteiger partial charge < -0.3 is 29.7 Å². The molecule has 0 radical (unpaired) electrons. The molecule has 5 N–H and O–H groups in total. The maximum absolute atomic E-state index is 13.8. The van der Waals surface area contributed by atoms with Crippen molar-refractivity contribution in [1.82, 2.24) is 25.1 Å². The fourth-order valence-corrected chi connectivity index (χ4v) is 4.40. The van der Waals surface area contributed by atoms with Crippen LogP contribution >= 0.6 is 0 Å². The Morgan fingerprint density at radius 3 is 2.69 bits per heavy atom. The molecule has 1 saturated heterocycles. The summed E-state index contributed by atoms with van der Waals surface area (Å²) < 4.78 is 54.1. The Bertz CT molecular complexity index is 1260. The Hall–Kier alpha value is -3.58. The van der Waals surface area contributed by atoms with Crippen molar-refractivity contribution in [2.24, 2.45) is 17.8 Å². The third kappa shape index (κ3) is 4.21. The number of nitrogens with two attached hydrogens (primary N) is 1. The number of nitrogens with one attached hydrogen (secondary N) is 3. The first-order valence-electron chi connectivity index (χ1n) is 11.0. The number of ether oxygens (including phenoxy) is 2. The van der Waals surface area contributed by atoms with Gasteiger partial charge in [-0.2, -0.15) is 13.2 Å². The number of methoxy groups -OCH3 is 1. The van der Waals surface area contributed by atoms with Gasteiger partial charge in [-0.3, -0.25) is 10.7 Å². The zero-order valence-corrected chi connectivity index (χ0v) is 19.1. The van der Waals surface area contributed by atoms with Gasteiger partial charge in [0.15, 0.2) is 11.6 Å². The van der Waals surface area contributed by atoms with Crippen LogP contribution in [-0.2, 0) is 23.7 Å². The van der Waals surface area contributed by atoms with E-state index in [1.165, 1.54) is 7.11 Å². The zero-order chi connectivity index (χ0) is 24.8. The third-order valence-electron chi connectivity index (χ3n) is 6.16. The topological polar surface area (TPSA) is 127 Å². The second-order valence-electron chi connectivity index (χ2n) is 8.51. The molecule has 4 heterocycles. The van der Waals surface area contributed by atoms with Gasteiger partial charge in [-0.25, -0.2) is 0 Å². The van der Waals surface area contributed by atoms with Crippen molar-refractivity contribution in [2.45, 2.75) is 30.8 Å². The number of rotatable bonds is 4. The number of aliphatic imine (C=N–C) groups is 1. The van der Waals surface area contributed by atoms with Gasteiger partial charge in [0.2, 0.25) is 0 Å². The highest BCUT2D eigenvalue weighted by Crippen LogP contribution is 2.40. The first kappa shape index (κ1) is 23.2. The highest BCUT2D eigenvalue weighted by Gasteiger charge is 2.44. The number of H-pyrrole nitrogens is 1. The normalized spacial score (nSPS) is 21.9. The molecule has 186 valence electrons. The number of anilines is 1. The second-order valence-corrected chi connectivity index (χ2v) is 8.51. The second kappa shape index (κ2) is 8.57. The van der Waals surface area contributed by atoms with Gasteiger partial charge in [0, 0.05) is 32.0 Å². The van der Waals surface area contributed by atoms with E-state index in [0.29, 0.717) is 43.2 Å². The molecule has 0 saturated carbocycles. The third-order valence-corrected chi connectivity index (χ3v) is 6.16. The molecule has 1 fully saturated rings. The number of aromatic amines is 1. The van der Waals surface area contributed by atoms with Crippen molar-refractivity contribution < 1.29 is 22.6 Å². The molecular weight excluding hydrogens is 465 g/mol. The van der Waals surface area contributed by atoms with E-state index in [2.05, 4.69) is 30.8 Å². The minimum atomic E-state index is -4.58. The Kier molecular flexibility index (Phi) is 5.68. The lowest BCUT2D eigenvalue weighted by atomic mass is 9.99. The minimum absolute atomic E-state index is 0.0566. The van der Waals surface area contributed by atoms with E-state index in [1.807, 2.05) is 7.05 Å². The van der Waals surface area contributed by atoms with Gasteiger partial charge in [-0.1, -0.05) is 6.07 Å². The van der Waals surface area contributed by atoms with Crippen LogP contribution in [0, 0.1) is 0 Å². The first-order chi connectivity index (χ1) is 16.7. The zero-order valence-electron chi connectivity index (χ0n) is 19.1. The van der Waals surface area contributed by atoms with Crippen LogP contribution in [0.3, 0.4) is 0 Å². The Morgan fingerprint density at radius 2 is 2.03 bits per heavy atom. The molecule has 2 aliphatic heterocycles. The summed E-state index contributed by atoms with van der Waals surface area (Å²) in [5.74, 6) is -0.322. The lowest BCUT2D eigenvalue weighted by Gasteiger charge is -2.39. The van der Waals surface area contributed by atoms with Crippen molar-refractivity contribution in [1.29, 1.82) is 0 Å². The summed E-state index contributed by atoms with van der Waals surface area (Å²) in [5.41, 5.74) is 7.02. The molecule has 1 aromatic carbocycles. The van der Waals surface area contributed by atoms with Crippen LogP contribution in [0.4, 0.5) is 19.0 Å². The van der Waals surface area contributed by atoms with E-state index in [-0.39, 0.29) is 23.3 Å². The summed E-state index contributed by atoms with van der Waals surface area (Å²) in [7, 11) is 3.30. The summed E-state index contributed by atoms with van der Waals surface area (Å²) in [6, 6.07) is 5.07. The van der Waals surface area contributed by atoms with Gasteiger partial charge in [-0.15, -0.1) is 10.2 Å². The SMILES string of the molecule is COc1cc(-c2nncn2C)ccc1C1(N)NC(=NC2CCOCC2)c2c(C(F)(F)F)c[nH]c2N1. The van der Waals surface area contributed by atoms with Gasteiger partial charge in [0.25, 0.3) is 0 Å². The van der Waals surface area contributed by atoms with Gasteiger partial charge >= 0.3 is 6.18 Å². The smallest absolute Gasteiger partial charge is 0.418 e. The Labute approximate surface area is 198 Å². The van der Waals surface area contributed by atoms with E-state index in [0.717, 1.165) is 11.8 Å². The minimum Gasteiger partial charge on any atom is -0.496 e. The summed E-state index contributed by atoms with van der Waals surface area (Å²) in [4.78, 5) is 7.34. The van der Waals surface area contributed by atoms with Crippen molar-refractivity contribution in [3.05, 3.63) is 47.4 Å². The standard InChI is InChI=1S/C22H25F3N8O2/c1-33-11-28-32-20(33)12-3-4-14(16(9-12)34-2)22(26)30-18-17(15(10-27-18)21(23,24)25)19(31-22)29-13-5-7-35-8-6-13/h3-4,9-11,13,27,30H,5-8,26H2,1-2H3,(H,29,31). The molecule has 3 aromatic rings. The van der Waals surface area contributed by atoms with Gasteiger partial charge in [0.05, 0.1) is 29.8 Å². The number of benzene rings is 1.